The first-order valence-corrected chi connectivity index (χ1v) is 6.63. The Kier molecular flexibility index (Phi) is 5.10. The summed E-state index contributed by atoms with van der Waals surface area (Å²) in [6, 6.07) is 0. The van der Waals surface area contributed by atoms with Gasteiger partial charge in [-0.25, -0.2) is 0 Å². The summed E-state index contributed by atoms with van der Waals surface area (Å²) in [4.78, 5) is 2.36. The third-order valence-corrected chi connectivity index (χ3v) is 3.42. The van der Waals surface area contributed by atoms with Gasteiger partial charge in [-0.3, -0.25) is 4.68 Å². The number of aromatic nitrogens is 3. The maximum absolute atomic E-state index is 5.50. The van der Waals surface area contributed by atoms with Crippen molar-refractivity contribution in [3.05, 3.63) is 11.9 Å². The number of nitrogens with zero attached hydrogens (tertiary/aromatic N) is 4. The molecule has 18 heavy (non-hydrogen) atoms. The summed E-state index contributed by atoms with van der Waals surface area (Å²) >= 11 is 0. The van der Waals surface area contributed by atoms with Gasteiger partial charge in [0.05, 0.1) is 12.2 Å². The van der Waals surface area contributed by atoms with Gasteiger partial charge in [0.15, 0.2) is 0 Å². The van der Waals surface area contributed by atoms with Crippen LogP contribution in [0.2, 0.25) is 0 Å². The minimum atomic E-state index is 0.456. The lowest BCUT2D eigenvalue weighted by molar-refractivity contribution is 0.0553. The zero-order valence-electron chi connectivity index (χ0n) is 11.1. The normalized spacial score (nSPS) is 17.5. The van der Waals surface area contributed by atoms with Crippen LogP contribution in [-0.2, 0) is 17.8 Å². The Hall–Kier alpha value is -0.980. The predicted molar refractivity (Wildman–Crippen MR) is 69.0 cm³/mol. The third kappa shape index (κ3) is 4.04. The summed E-state index contributed by atoms with van der Waals surface area (Å²) in [5.41, 5.74) is 6.35. The van der Waals surface area contributed by atoms with E-state index in [0.717, 1.165) is 44.5 Å². The summed E-state index contributed by atoms with van der Waals surface area (Å²) in [7, 11) is 2.16. The van der Waals surface area contributed by atoms with Crippen molar-refractivity contribution in [2.75, 3.05) is 33.4 Å². The molecule has 0 radical (unpaired) electrons. The van der Waals surface area contributed by atoms with Crippen molar-refractivity contribution in [1.82, 2.24) is 19.9 Å². The zero-order valence-corrected chi connectivity index (χ0v) is 11.1. The molecular formula is C12H23N5O. The van der Waals surface area contributed by atoms with Gasteiger partial charge in [0.1, 0.15) is 0 Å². The molecule has 0 saturated carbocycles. The third-order valence-electron chi connectivity index (χ3n) is 3.42. The first-order valence-electron chi connectivity index (χ1n) is 6.63. The number of ether oxygens (including phenoxy) is 1. The molecule has 0 aromatic carbocycles. The molecule has 1 fully saturated rings. The van der Waals surface area contributed by atoms with E-state index < -0.39 is 0 Å². The van der Waals surface area contributed by atoms with Crippen LogP contribution in [0.5, 0.6) is 0 Å². The van der Waals surface area contributed by atoms with E-state index in [4.69, 9.17) is 10.5 Å². The van der Waals surface area contributed by atoms with E-state index in [0.29, 0.717) is 6.54 Å². The number of hydrogen-bond acceptors (Lipinski definition) is 5. The Morgan fingerprint density at radius 3 is 2.94 bits per heavy atom. The van der Waals surface area contributed by atoms with Gasteiger partial charge in [-0.05, 0) is 25.8 Å². The fraction of sp³-hybridized carbons (Fsp3) is 0.833. The molecule has 2 rings (SSSR count). The summed E-state index contributed by atoms with van der Waals surface area (Å²) in [5.74, 6) is 0.777. The highest BCUT2D eigenvalue weighted by Gasteiger charge is 2.15. The van der Waals surface area contributed by atoms with Gasteiger partial charge in [-0.2, -0.15) is 0 Å². The Morgan fingerprint density at radius 1 is 1.50 bits per heavy atom. The van der Waals surface area contributed by atoms with Crippen LogP contribution in [0, 0.1) is 5.92 Å². The molecule has 6 nitrogen and oxygen atoms in total. The quantitative estimate of drug-likeness (QED) is 0.778. The SMILES string of the molecule is CN(CCn1cc(CN)nn1)CC1CCOCC1. The van der Waals surface area contributed by atoms with Crippen LogP contribution >= 0.6 is 0 Å². The number of likely N-dealkylation sites (N-methyl/N-ethyl adjacent to an activating group) is 1. The van der Waals surface area contributed by atoms with Crippen molar-refractivity contribution in [3.8, 4) is 0 Å². The van der Waals surface area contributed by atoms with Gasteiger partial charge in [-0.15, -0.1) is 5.10 Å². The van der Waals surface area contributed by atoms with Gasteiger partial charge in [-0.1, -0.05) is 5.21 Å². The van der Waals surface area contributed by atoms with Crippen LogP contribution in [0.3, 0.4) is 0 Å². The van der Waals surface area contributed by atoms with E-state index in [9.17, 15) is 0 Å². The Morgan fingerprint density at radius 2 is 2.28 bits per heavy atom. The predicted octanol–water partition coefficient (Wildman–Crippen LogP) is 0.0952. The molecule has 1 aliphatic rings. The summed E-state index contributed by atoms with van der Waals surface area (Å²) in [5, 5.41) is 8.03. The first kappa shape index (κ1) is 13.5. The lowest BCUT2D eigenvalue weighted by atomic mass is 10.00. The van der Waals surface area contributed by atoms with Crippen molar-refractivity contribution in [2.45, 2.75) is 25.9 Å². The van der Waals surface area contributed by atoms with Crippen LogP contribution in [-0.4, -0.2) is 53.2 Å². The Labute approximate surface area is 108 Å². The minimum Gasteiger partial charge on any atom is -0.381 e. The maximum atomic E-state index is 5.50. The standard InChI is InChI=1S/C12H23N5O/c1-16(9-11-2-6-18-7-3-11)4-5-17-10-12(8-13)14-15-17/h10-11H,2-9,13H2,1H3. The highest BCUT2D eigenvalue weighted by atomic mass is 16.5. The van der Waals surface area contributed by atoms with Gasteiger partial charge in [0.25, 0.3) is 0 Å². The fourth-order valence-electron chi connectivity index (χ4n) is 2.28. The highest BCUT2D eigenvalue weighted by molar-refractivity contribution is 4.90. The summed E-state index contributed by atoms with van der Waals surface area (Å²) in [6.45, 7) is 5.29. The zero-order chi connectivity index (χ0) is 12.8. The lowest BCUT2D eigenvalue weighted by Crippen LogP contribution is -2.31. The topological polar surface area (TPSA) is 69.2 Å². The highest BCUT2D eigenvalue weighted by Crippen LogP contribution is 2.15. The summed E-state index contributed by atoms with van der Waals surface area (Å²) in [6.07, 6.45) is 4.29. The molecule has 2 N–H and O–H groups in total. The second-order valence-electron chi connectivity index (χ2n) is 5.00. The molecule has 0 bridgehead atoms. The van der Waals surface area contributed by atoms with Crippen LogP contribution < -0.4 is 5.73 Å². The Bertz CT molecular complexity index is 348. The molecule has 1 aromatic rings. The van der Waals surface area contributed by atoms with Crippen molar-refractivity contribution < 1.29 is 4.74 Å². The van der Waals surface area contributed by atoms with Crippen molar-refractivity contribution in [1.29, 1.82) is 0 Å². The largest absolute Gasteiger partial charge is 0.381 e. The minimum absolute atomic E-state index is 0.456. The van der Waals surface area contributed by atoms with Crippen molar-refractivity contribution >= 4 is 0 Å². The number of nitrogens with two attached hydrogens (primary N) is 1. The molecule has 0 amide bonds. The van der Waals surface area contributed by atoms with Crippen molar-refractivity contribution in [3.63, 3.8) is 0 Å². The molecule has 0 aliphatic carbocycles. The Balaban J connectivity index is 1.68. The first-order chi connectivity index (χ1) is 8.78. The van der Waals surface area contributed by atoms with Crippen LogP contribution in [0.1, 0.15) is 18.5 Å². The van der Waals surface area contributed by atoms with Gasteiger partial charge < -0.3 is 15.4 Å². The lowest BCUT2D eigenvalue weighted by Gasteiger charge is -2.26. The van der Waals surface area contributed by atoms with Crippen LogP contribution in [0.25, 0.3) is 0 Å². The van der Waals surface area contributed by atoms with E-state index in [-0.39, 0.29) is 0 Å². The molecule has 0 unspecified atom stereocenters. The van der Waals surface area contributed by atoms with E-state index in [1.807, 2.05) is 10.9 Å². The molecule has 0 atom stereocenters. The molecule has 2 heterocycles. The molecule has 6 heteroatoms. The molecule has 1 saturated heterocycles. The average molecular weight is 253 g/mol. The van der Waals surface area contributed by atoms with E-state index in [1.54, 1.807) is 0 Å². The van der Waals surface area contributed by atoms with Gasteiger partial charge in [0.2, 0.25) is 0 Å². The van der Waals surface area contributed by atoms with E-state index in [1.165, 1.54) is 12.8 Å². The van der Waals surface area contributed by atoms with Crippen molar-refractivity contribution in [2.24, 2.45) is 11.7 Å². The number of hydrogen-bond donors (Lipinski definition) is 1. The van der Waals surface area contributed by atoms with Gasteiger partial charge >= 0.3 is 0 Å². The maximum Gasteiger partial charge on any atom is 0.0962 e. The molecule has 0 spiro atoms. The summed E-state index contributed by atoms with van der Waals surface area (Å²) < 4.78 is 7.24. The average Bonchev–Trinajstić information content (AvgIpc) is 2.85. The van der Waals surface area contributed by atoms with E-state index in [2.05, 4.69) is 22.3 Å². The molecule has 102 valence electrons. The second-order valence-corrected chi connectivity index (χ2v) is 5.00. The van der Waals surface area contributed by atoms with Crippen LogP contribution in [0.4, 0.5) is 0 Å². The molecular weight excluding hydrogens is 230 g/mol. The number of rotatable bonds is 6. The molecule has 1 aliphatic heterocycles. The van der Waals surface area contributed by atoms with Crippen LogP contribution in [0.15, 0.2) is 6.20 Å². The van der Waals surface area contributed by atoms with E-state index >= 15 is 0 Å². The van der Waals surface area contributed by atoms with Gasteiger partial charge in [0, 0.05) is 39.0 Å². The smallest absolute Gasteiger partial charge is 0.0962 e. The fourth-order valence-corrected chi connectivity index (χ4v) is 2.28. The molecule has 1 aromatic heterocycles. The second kappa shape index (κ2) is 6.82. The monoisotopic (exact) mass is 253 g/mol.